The predicted octanol–water partition coefficient (Wildman–Crippen LogP) is 1.70. The Bertz CT molecular complexity index is 783. The highest BCUT2D eigenvalue weighted by atomic mass is 16.7. The van der Waals surface area contributed by atoms with Crippen molar-refractivity contribution in [3.8, 4) is 0 Å². The minimum Gasteiger partial charge on any atom is -0.402 e. The van der Waals surface area contributed by atoms with Gasteiger partial charge in [0.1, 0.15) is 0 Å². The Hall–Kier alpha value is -1.94. The van der Waals surface area contributed by atoms with Crippen molar-refractivity contribution in [1.82, 2.24) is 10.2 Å². The van der Waals surface area contributed by atoms with Crippen LogP contribution in [0.1, 0.15) is 52.5 Å². The lowest BCUT2D eigenvalue weighted by Gasteiger charge is -2.32. The zero-order chi connectivity index (χ0) is 24.1. The van der Waals surface area contributed by atoms with Gasteiger partial charge in [0.25, 0.3) is 0 Å². The SMILES string of the molecule is CC1(C)OB([C@H](CCCc2ccccc2)NC(=O)[C@H](N)CC(=O)N2CCOCC2)OC1(C)C. The number of benzene rings is 1. The number of aryl methyl sites for hydroxylation is 1. The van der Waals surface area contributed by atoms with E-state index in [4.69, 9.17) is 19.8 Å². The van der Waals surface area contributed by atoms with E-state index in [0.717, 1.165) is 12.8 Å². The van der Waals surface area contributed by atoms with Crippen molar-refractivity contribution in [2.45, 2.75) is 76.6 Å². The van der Waals surface area contributed by atoms with Gasteiger partial charge in [0.2, 0.25) is 11.8 Å². The van der Waals surface area contributed by atoms with Crippen molar-refractivity contribution >= 4 is 18.9 Å². The van der Waals surface area contributed by atoms with Crippen LogP contribution in [0.25, 0.3) is 0 Å². The predicted molar refractivity (Wildman–Crippen MR) is 127 cm³/mol. The highest BCUT2D eigenvalue weighted by Gasteiger charge is 2.54. The van der Waals surface area contributed by atoms with E-state index in [1.165, 1.54) is 5.56 Å². The van der Waals surface area contributed by atoms with Crippen LogP contribution in [0.3, 0.4) is 0 Å². The third-order valence-electron chi connectivity index (χ3n) is 6.85. The molecule has 2 aliphatic rings. The second kappa shape index (κ2) is 11.0. The average molecular weight is 459 g/mol. The summed E-state index contributed by atoms with van der Waals surface area (Å²) in [7, 11) is -0.586. The summed E-state index contributed by atoms with van der Waals surface area (Å²) in [5, 5.41) is 3.02. The highest BCUT2D eigenvalue weighted by molar-refractivity contribution is 6.48. The Morgan fingerprint density at radius 1 is 1.09 bits per heavy atom. The summed E-state index contributed by atoms with van der Waals surface area (Å²) in [6.45, 7) is 10.0. The molecular weight excluding hydrogens is 421 g/mol. The van der Waals surface area contributed by atoms with Gasteiger partial charge < -0.3 is 30.0 Å². The first-order chi connectivity index (χ1) is 15.6. The first-order valence-electron chi connectivity index (χ1n) is 11.9. The number of nitrogens with zero attached hydrogens (tertiary/aromatic N) is 1. The summed E-state index contributed by atoms with van der Waals surface area (Å²) in [4.78, 5) is 27.2. The maximum atomic E-state index is 12.9. The van der Waals surface area contributed by atoms with E-state index >= 15 is 0 Å². The van der Waals surface area contributed by atoms with Crippen molar-refractivity contribution in [2.75, 3.05) is 26.3 Å². The van der Waals surface area contributed by atoms with Crippen molar-refractivity contribution in [3.63, 3.8) is 0 Å². The molecule has 2 fully saturated rings. The summed E-state index contributed by atoms with van der Waals surface area (Å²) in [6.07, 6.45) is 2.36. The highest BCUT2D eigenvalue weighted by Crippen LogP contribution is 2.38. The number of hydrogen-bond acceptors (Lipinski definition) is 6. The number of morpholine rings is 1. The lowest BCUT2D eigenvalue weighted by molar-refractivity contribution is -0.137. The average Bonchev–Trinajstić information content (AvgIpc) is 3.01. The Morgan fingerprint density at radius 3 is 2.30 bits per heavy atom. The van der Waals surface area contributed by atoms with Gasteiger partial charge in [-0.15, -0.1) is 0 Å². The van der Waals surface area contributed by atoms with Gasteiger partial charge in [0.05, 0.1) is 42.8 Å². The molecule has 0 spiro atoms. The molecule has 2 atom stereocenters. The first-order valence-corrected chi connectivity index (χ1v) is 11.9. The van der Waals surface area contributed by atoms with Gasteiger partial charge in [-0.1, -0.05) is 30.3 Å². The molecule has 2 heterocycles. The fourth-order valence-electron chi connectivity index (χ4n) is 4.01. The summed E-state index contributed by atoms with van der Waals surface area (Å²) in [6, 6.07) is 9.29. The number of ether oxygens (including phenoxy) is 1. The third kappa shape index (κ3) is 6.79. The molecule has 3 rings (SSSR count). The Morgan fingerprint density at radius 2 is 1.70 bits per heavy atom. The van der Waals surface area contributed by atoms with Crippen molar-refractivity contribution in [3.05, 3.63) is 35.9 Å². The smallest absolute Gasteiger partial charge is 0.402 e. The quantitative estimate of drug-likeness (QED) is 0.545. The maximum Gasteiger partial charge on any atom is 0.481 e. The number of amides is 2. The Balaban J connectivity index is 1.61. The van der Waals surface area contributed by atoms with Crippen LogP contribution in [-0.2, 0) is 30.1 Å². The minimum absolute atomic E-state index is 0.0358. The molecule has 182 valence electrons. The summed E-state index contributed by atoms with van der Waals surface area (Å²) >= 11 is 0. The lowest BCUT2D eigenvalue weighted by atomic mass is 9.75. The van der Waals surface area contributed by atoms with Gasteiger partial charge in [0.15, 0.2) is 0 Å². The number of carbonyl (C=O) groups is 2. The minimum atomic E-state index is -0.931. The topological polar surface area (TPSA) is 103 Å². The zero-order valence-corrected chi connectivity index (χ0v) is 20.3. The number of nitrogens with two attached hydrogens (primary N) is 1. The van der Waals surface area contributed by atoms with Crippen molar-refractivity contribution in [2.24, 2.45) is 5.73 Å². The molecular formula is C24H38BN3O5. The van der Waals surface area contributed by atoms with Crippen LogP contribution in [-0.4, -0.2) is 73.3 Å². The van der Waals surface area contributed by atoms with Gasteiger partial charge >= 0.3 is 7.12 Å². The number of carbonyl (C=O) groups excluding carboxylic acids is 2. The van der Waals surface area contributed by atoms with Gasteiger partial charge in [0, 0.05) is 13.1 Å². The molecule has 2 amide bonds. The number of nitrogens with one attached hydrogen (secondary N) is 1. The molecule has 0 bridgehead atoms. The molecule has 0 unspecified atom stereocenters. The summed E-state index contributed by atoms with van der Waals surface area (Å²) < 4.78 is 17.7. The monoisotopic (exact) mass is 459 g/mol. The van der Waals surface area contributed by atoms with Crippen molar-refractivity contribution < 1.29 is 23.6 Å². The fraction of sp³-hybridized carbons (Fsp3) is 0.667. The van der Waals surface area contributed by atoms with E-state index < -0.39 is 24.4 Å². The fourth-order valence-corrected chi connectivity index (χ4v) is 4.01. The van der Waals surface area contributed by atoms with Crippen LogP contribution in [0.15, 0.2) is 30.3 Å². The lowest BCUT2D eigenvalue weighted by Crippen LogP contribution is -2.54. The largest absolute Gasteiger partial charge is 0.481 e. The second-order valence-corrected chi connectivity index (χ2v) is 9.92. The van der Waals surface area contributed by atoms with E-state index in [1.54, 1.807) is 4.90 Å². The molecule has 33 heavy (non-hydrogen) atoms. The van der Waals surface area contributed by atoms with Crippen LogP contribution in [0.2, 0.25) is 0 Å². The van der Waals surface area contributed by atoms with Gasteiger partial charge in [-0.25, -0.2) is 0 Å². The molecule has 2 saturated heterocycles. The molecule has 2 aliphatic heterocycles. The molecule has 0 aromatic heterocycles. The standard InChI is InChI=1S/C24H38BN3O5/c1-23(2)24(3,4)33-25(32-23)20(12-8-11-18-9-6-5-7-10-18)27-22(30)19(26)17-21(29)28-13-15-31-16-14-28/h5-7,9-10,19-20H,8,11-17,26H2,1-4H3,(H,27,30)/t19-,20+/m1/s1. The van der Waals surface area contributed by atoms with E-state index in [9.17, 15) is 9.59 Å². The molecule has 0 saturated carbocycles. The molecule has 8 nitrogen and oxygen atoms in total. The van der Waals surface area contributed by atoms with Crippen molar-refractivity contribution in [1.29, 1.82) is 0 Å². The van der Waals surface area contributed by atoms with E-state index in [2.05, 4.69) is 17.4 Å². The van der Waals surface area contributed by atoms with Crippen LogP contribution in [0, 0.1) is 0 Å². The molecule has 1 aromatic carbocycles. The zero-order valence-electron chi connectivity index (χ0n) is 20.3. The van der Waals surface area contributed by atoms with Crippen LogP contribution < -0.4 is 11.1 Å². The van der Waals surface area contributed by atoms with Crippen LogP contribution in [0.4, 0.5) is 0 Å². The van der Waals surface area contributed by atoms with E-state index in [1.807, 2.05) is 45.9 Å². The third-order valence-corrected chi connectivity index (χ3v) is 6.85. The molecule has 1 aromatic rings. The van der Waals surface area contributed by atoms with Crippen LogP contribution >= 0.6 is 0 Å². The molecule has 3 N–H and O–H groups in total. The second-order valence-electron chi connectivity index (χ2n) is 9.92. The molecule has 9 heteroatoms. The van der Waals surface area contributed by atoms with Gasteiger partial charge in [-0.05, 0) is 52.5 Å². The van der Waals surface area contributed by atoms with E-state index in [-0.39, 0.29) is 24.2 Å². The van der Waals surface area contributed by atoms with Crippen LogP contribution in [0.5, 0.6) is 0 Å². The Labute approximate surface area is 197 Å². The maximum absolute atomic E-state index is 12.9. The van der Waals surface area contributed by atoms with E-state index in [0.29, 0.717) is 32.7 Å². The number of hydrogen-bond donors (Lipinski definition) is 2. The molecule has 0 aliphatic carbocycles. The van der Waals surface area contributed by atoms with Gasteiger partial charge in [-0.2, -0.15) is 0 Å². The first kappa shape index (κ1) is 25.7. The summed E-state index contributed by atoms with van der Waals surface area (Å²) in [5.41, 5.74) is 6.35. The normalized spacial score (nSPS) is 21.5. The number of rotatable bonds is 9. The summed E-state index contributed by atoms with van der Waals surface area (Å²) in [5.74, 6) is -0.861. The van der Waals surface area contributed by atoms with Gasteiger partial charge in [-0.3, -0.25) is 9.59 Å². The molecule has 0 radical (unpaired) electrons. The Kier molecular flexibility index (Phi) is 8.56.